The van der Waals surface area contributed by atoms with Crippen molar-refractivity contribution in [2.24, 2.45) is 0 Å². The molecule has 0 unspecified atom stereocenters. The van der Waals surface area contributed by atoms with Gasteiger partial charge in [-0.25, -0.2) is 0 Å². The molecule has 10 nitrogen and oxygen atoms in total. The van der Waals surface area contributed by atoms with E-state index in [1.54, 1.807) is 0 Å². The average Bonchev–Trinajstić information content (AvgIpc) is 2.49. The van der Waals surface area contributed by atoms with Crippen LogP contribution in [0.3, 0.4) is 0 Å². The second-order valence-corrected chi connectivity index (χ2v) is 7.36. The summed E-state index contributed by atoms with van der Waals surface area (Å²) >= 11 is 1.14. The van der Waals surface area contributed by atoms with Crippen LogP contribution in [-0.4, -0.2) is 65.2 Å². The molecule has 11 heteroatoms. The van der Waals surface area contributed by atoms with Crippen molar-refractivity contribution in [2.45, 2.75) is 63.5 Å². The van der Waals surface area contributed by atoms with Crippen LogP contribution in [0, 0.1) is 0 Å². The molecule has 0 aromatic carbocycles. The molecule has 27 heavy (non-hydrogen) atoms. The number of rotatable bonds is 6. The van der Waals surface area contributed by atoms with E-state index in [-0.39, 0.29) is 12.5 Å². The number of hydrogen-bond donors (Lipinski definition) is 2. The highest BCUT2D eigenvalue weighted by Crippen LogP contribution is 2.35. The molecule has 0 aromatic rings. The Hall–Kier alpha value is -2.30. The van der Waals surface area contributed by atoms with Crippen molar-refractivity contribution < 1.29 is 38.2 Å². The predicted molar refractivity (Wildman–Crippen MR) is 94.3 cm³/mol. The van der Waals surface area contributed by atoms with Gasteiger partial charge in [0.15, 0.2) is 12.2 Å². The van der Waals surface area contributed by atoms with Crippen LogP contribution >= 0.6 is 11.8 Å². The normalized spacial score (nSPS) is 27.1. The number of amides is 2. The molecular formula is C16H24N2O8S. The Bertz CT molecular complexity index is 611. The van der Waals surface area contributed by atoms with Gasteiger partial charge < -0.3 is 24.8 Å². The van der Waals surface area contributed by atoms with Crippen LogP contribution in [0.5, 0.6) is 0 Å². The molecule has 0 bridgehead atoms. The highest BCUT2D eigenvalue weighted by atomic mass is 32.2. The quantitative estimate of drug-likeness (QED) is 0.443. The summed E-state index contributed by atoms with van der Waals surface area (Å²) in [7, 11) is 0. The number of esters is 3. The molecule has 1 aliphatic rings. The summed E-state index contributed by atoms with van der Waals surface area (Å²) in [5.74, 6) is -2.63. The summed E-state index contributed by atoms with van der Waals surface area (Å²) in [5, 5.41) is 3.96. The average molecular weight is 404 g/mol. The lowest BCUT2D eigenvalue weighted by Gasteiger charge is -2.45. The Balaban J connectivity index is 3.29. The molecule has 2 amide bonds. The molecule has 1 fully saturated rings. The molecule has 2 N–H and O–H groups in total. The van der Waals surface area contributed by atoms with Crippen molar-refractivity contribution in [3.63, 3.8) is 0 Å². The van der Waals surface area contributed by atoms with Crippen molar-refractivity contribution in [1.29, 1.82) is 0 Å². The first kappa shape index (κ1) is 22.7. The van der Waals surface area contributed by atoms with Gasteiger partial charge in [0.25, 0.3) is 0 Å². The van der Waals surface area contributed by atoms with Crippen molar-refractivity contribution in [2.75, 3.05) is 6.61 Å². The fourth-order valence-electron chi connectivity index (χ4n) is 2.66. The molecule has 1 rings (SSSR count). The monoisotopic (exact) mass is 404 g/mol. The minimum atomic E-state index is -1.09. The molecule has 0 radical (unpaired) electrons. The van der Waals surface area contributed by atoms with Crippen molar-refractivity contribution in [3.05, 3.63) is 0 Å². The van der Waals surface area contributed by atoms with Gasteiger partial charge in [0.05, 0.1) is 16.7 Å². The summed E-state index contributed by atoms with van der Waals surface area (Å²) in [4.78, 5) is 57.6. The lowest BCUT2D eigenvalue weighted by Crippen LogP contribution is -2.66. The highest BCUT2D eigenvalue weighted by molar-refractivity contribution is 8.00. The molecule has 0 spiro atoms. The number of ether oxygens (including phenoxy) is 3. The summed E-state index contributed by atoms with van der Waals surface area (Å²) in [6.07, 6.45) is -2.09. The van der Waals surface area contributed by atoms with Gasteiger partial charge in [-0.05, 0) is 0 Å². The molecule has 0 aromatic heterocycles. The van der Waals surface area contributed by atoms with Crippen molar-refractivity contribution >= 4 is 41.5 Å². The van der Waals surface area contributed by atoms with E-state index in [0.29, 0.717) is 0 Å². The molecule has 0 saturated carbocycles. The van der Waals surface area contributed by atoms with Crippen LogP contribution in [0.2, 0.25) is 0 Å². The Labute approximate surface area is 161 Å². The van der Waals surface area contributed by atoms with Crippen LogP contribution < -0.4 is 10.6 Å². The lowest BCUT2D eigenvalue weighted by atomic mass is 10.00. The molecule has 1 heterocycles. The van der Waals surface area contributed by atoms with E-state index in [4.69, 9.17) is 14.2 Å². The van der Waals surface area contributed by atoms with E-state index in [2.05, 4.69) is 10.6 Å². The Morgan fingerprint density at radius 2 is 1.30 bits per heavy atom. The Morgan fingerprint density at radius 3 is 1.74 bits per heavy atom. The number of thioether (sulfide) groups is 1. The Kier molecular flexibility index (Phi) is 8.54. The number of carbonyl (C=O) groups excluding carboxylic acids is 5. The van der Waals surface area contributed by atoms with E-state index in [1.807, 2.05) is 0 Å². The molecule has 0 aliphatic carbocycles. The van der Waals surface area contributed by atoms with Gasteiger partial charge >= 0.3 is 17.9 Å². The third kappa shape index (κ3) is 7.45. The smallest absolute Gasteiger partial charge is 0.303 e. The first-order valence-corrected chi connectivity index (χ1v) is 9.13. The van der Waals surface area contributed by atoms with E-state index in [9.17, 15) is 24.0 Å². The minimum absolute atomic E-state index is 0.140. The van der Waals surface area contributed by atoms with Gasteiger partial charge in [-0.15, -0.1) is 11.8 Å². The van der Waals surface area contributed by atoms with Gasteiger partial charge in [-0.3, -0.25) is 24.0 Å². The molecular weight excluding hydrogens is 380 g/mol. The molecule has 5 atom stereocenters. The first-order chi connectivity index (χ1) is 12.5. The maximum absolute atomic E-state index is 11.6. The third-order valence-corrected chi connectivity index (χ3v) is 4.92. The molecule has 1 aliphatic heterocycles. The van der Waals surface area contributed by atoms with Crippen molar-refractivity contribution in [1.82, 2.24) is 10.6 Å². The van der Waals surface area contributed by atoms with Gasteiger partial charge in [0.2, 0.25) is 11.8 Å². The summed E-state index contributed by atoms with van der Waals surface area (Å²) in [6.45, 7) is 6.01. The largest absolute Gasteiger partial charge is 0.465 e. The maximum Gasteiger partial charge on any atom is 0.303 e. The van der Waals surface area contributed by atoms with E-state index in [1.165, 1.54) is 34.6 Å². The van der Waals surface area contributed by atoms with Crippen molar-refractivity contribution in [3.8, 4) is 0 Å². The SMILES string of the molecule is CC(=O)N[C@@H]1[C@@H](OC(C)=O)[C@H](OC(C)=O)[C@@H](COC(C)=O)S[C@@H]1NC(C)=O. The predicted octanol–water partition coefficient (Wildman–Crippen LogP) is -0.505. The lowest BCUT2D eigenvalue weighted by molar-refractivity contribution is -0.171. The maximum atomic E-state index is 11.6. The summed E-state index contributed by atoms with van der Waals surface area (Å²) < 4.78 is 15.7. The second-order valence-electron chi connectivity index (χ2n) is 5.97. The van der Waals surface area contributed by atoms with Crippen LogP contribution in [0.4, 0.5) is 0 Å². The number of nitrogens with one attached hydrogen (secondary N) is 2. The Morgan fingerprint density at radius 1 is 0.778 bits per heavy atom. The van der Waals surface area contributed by atoms with Crippen LogP contribution in [0.1, 0.15) is 34.6 Å². The second kappa shape index (κ2) is 10.1. The van der Waals surface area contributed by atoms with Gasteiger partial charge in [0, 0.05) is 34.6 Å². The van der Waals surface area contributed by atoms with Gasteiger partial charge in [-0.2, -0.15) is 0 Å². The van der Waals surface area contributed by atoms with Crippen LogP contribution in [0.25, 0.3) is 0 Å². The zero-order valence-corrected chi connectivity index (χ0v) is 16.6. The number of hydrogen-bond acceptors (Lipinski definition) is 9. The van der Waals surface area contributed by atoms with Crippen LogP contribution in [-0.2, 0) is 38.2 Å². The van der Waals surface area contributed by atoms with Crippen LogP contribution in [0.15, 0.2) is 0 Å². The highest BCUT2D eigenvalue weighted by Gasteiger charge is 2.50. The molecule has 1 saturated heterocycles. The standard InChI is InChI=1S/C16H24N2O8S/c1-7(19)17-13-15(26-11(5)23)14(25-10(4)22)12(6-24-9(3)21)27-16(13)18-8(2)20/h12-16H,6H2,1-5H3,(H,17,19)(H,18,20)/t12-,13-,14-,15-,16+/m1/s1. The summed E-state index contributed by atoms with van der Waals surface area (Å²) in [6, 6.07) is -0.863. The van der Waals surface area contributed by atoms with E-state index < -0.39 is 52.7 Å². The summed E-state index contributed by atoms with van der Waals surface area (Å²) in [5.41, 5.74) is 0. The zero-order valence-electron chi connectivity index (χ0n) is 15.8. The fourth-order valence-corrected chi connectivity index (χ4v) is 4.17. The third-order valence-electron chi connectivity index (χ3n) is 3.46. The van der Waals surface area contributed by atoms with E-state index >= 15 is 0 Å². The fraction of sp³-hybridized carbons (Fsp3) is 0.688. The number of carbonyl (C=O) groups is 5. The topological polar surface area (TPSA) is 137 Å². The molecule has 152 valence electrons. The first-order valence-electron chi connectivity index (χ1n) is 8.18. The van der Waals surface area contributed by atoms with Gasteiger partial charge in [0.1, 0.15) is 6.61 Å². The zero-order chi connectivity index (χ0) is 20.7. The van der Waals surface area contributed by atoms with E-state index in [0.717, 1.165) is 11.8 Å². The van der Waals surface area contributed by atoms with Gasteiger partial charge in [-0.1, -0.05) is 0 Å². The minimum Gasteiger partial charge on any atom is -0.465 e.